The summed E-state index contributed by atoms with van der Waals surface area (Å²) >= 11 is 0. The Hall–Kier alpha value is -1.66. The van der Waals surface area contributed by atoms with E-state index in [0.717, 1.165) is 44.9 Å². The van der Waals surface area contributed by atoms with Crippen molar-refractivity contribution in [1.29, 1.82) is 0 Å². The first-order valence-electron chi connectivity index (χ1n) is 33.1. The largest absolute Gasteiger partial charge is 0.466 e. The topological polar surface area (TPSA) is 95.9 Å². The van der Waals surface area contributed by atoms with Gasteiger partial charge < -0.3 is 20.3 Å². The van der Waals surface area contributed by atoms with Crippen LogP contribution in [-0.2, 0) is 14.3 Å². The van der Waals surface area contributed by atoms with Gasteiger partial charge in [-0.15, -0.1) is 0 Å². The van der Waals surface area contributed by atoms with Gasteiger partial charge in [0.05, 0.1) is 25.4 Å². The van der Waals surface area contributed by atoms with Gasteiger partial charge in [0.15, 0.2) is 0 Å². The Morgan fingerprint density at radius 3 is 1.01 bits per heavy atom. The fourth-order valence-corrected chi connectivity index (χ4v) is 10.4. The van der Waals surface area contributed by atoms with Gasteiger partial charge in [0, 0.05) is 12.8 Å². The number of carbonyl (C=O) groups excluding carboxylic acids is 2. The SMILES string of the molecule is CCCC/C=C\CCCCCCCC(=O)OCCCCCCCCCCCCCCCCCCCCCCCCCCCCC(=O)NC(CO)C(O)/C=C/CCCCCCCCCCCCCCCCCCC. The van der Waals surface area contributed by atoms with Crippen molar-refractivity contribution in [3.63, 3.8) is 0 Å². The maximum atomic E-state index is 12.5. The standard InChI is InChI=1S/C67H129NO5/c1-3-5-7-9-11-13-15-16-17-18-27-30-33-36-40-43-47-51-55-59-65(70)64(63-69)68-66(71)60-56-52-48-44-41-37-34-31-28-25-23-21-19-20-22-24-26-29-32-35-38-42-46-50-54-58-62-73-67(72)61-57-53-49-45-39-14-12-10-8-6-4-2/h10,12,55,59,64-65,69-70H,3-9,11,13-54,56-58,60-63H2,1-2H3,(H,68,71)/b12-10-,59-55+. The highest BCUT2D eigenvalue weighted by Gasteiger charge is 2.18. The summed E-state index contributed by atoms with van der Waals surface area (Å²) < 4.78 is 5.46. The quantitative estimate of drug-likeness (QED) is 0.0320. The Kier molecular flexibility index (Phi) is 61.4. The van der Waals surface area contributed by atoms with Crippen LogP contribution in [0, 0.1) is 0 Å². The molecule has 0 bridgehead atoms. The average Bonchev–Trinajstić information content (AvgIpc) is 3.39. The van der Waals surface area contributed by atoms with Crippen LogP contribution in [0.25, 0.3) is 0 Å². The summed E-state index contributed by atoms with van der Waals surface area (Å²) in [5, 5.41) is 23.2. The van der Waals surface area contributed by atoms with Crippen molar-refractivity contribution in [2.24, 2.45) is 0 Å². The minimum Gasteiger partial charge on any atom is -0.466 e. The van der Waals surface area contributed by atoms with E-state index in [2.05, 4.69) is 31.3 Å². The lowest BCUT2D eigenvalue weighted by atomic mass is 10.0. The fraction of sp³-hybridized carbons (Fsp3) is 0.910. The fourth-order valence-electron chi connectivity index (χ4n) is 10.4. The lowest BCUT2D eigenvalue weighted by molar-refractivity contribution is -0.143. The number of unbranched alkanes of at least 4 members (excludes halogenated alkanes) is 49. The molecule has 0 fully saturated rings. The molecule has 2 atom stereocenters. The number of amides is 1. The highest BCUT2D eigenvalue weighted by Crippen LogP contribution is 2.18. The van der Waals surface area contributed by atoms with Gasteiger partial charge >= 0.3 is 5.97 Å². The molecule has 73 heavy (non-hydrogen) atoms. The molecule has 0 aromatic heterocycles. The van der Waals surface area contributed by atoms with Crippen LogP contribution in [0.4, 0.5) is 0 Å². The second kappa shape index (κ2) is 62.9. The first-order chi connectivity index (χ1) is 36.0. The number of nitrogens with one attached hydrogen (secondary N) is 1. The van der Waals surface area contributed by atoms with Crippen LogP contribution in [0.15, 0.2) is 24.3 Å². The molecule has 0 aromatic rings. The van der Waals surface area contributed by atoms with Crippen molar-refractivity contribution in [2.75, 3.05) is 13.2 Å². The zero-order valence-corrected chi connectivity index (χ0v) is 49.4. The van der Waals surface area contributed by atoms with Crippen LogP contribution < -0.4 is 5.32 Å². The molecule has 1 amide bonds. The van der Waals surface area contributed by atoms with Gasteiger partial charge in [0.1, 0.15) is 0 Å². The highest BCUT2D eigenvalue weighted by atomic mass is 16.5. The van der Waals surface area contributed by atoms with Gasteiger partial charge in [-0.05, 0) is 51.4 Å². The van der Waals surface area contributed by atoms with Gasteiger partial charge in [-0.25, -0.2) is 0 Å². The predicted octanol–water partition coefficient (Wildman–Crippen LogP) is 21.0. The molecule has 2 unspecified atom stereocenters. The van der Waals surface area contributed by atoms with Crippen molar-refractivity contribution < 1.29 is 24.5 Å². The third-order valence-electron chi connectivity index (χ3n) is 15.5. The van der Waals surface area contributed by atoms with Gasteiger partial charge in [-0.1, -0.05) is 327 Å². The number of ether oxygens (including phenoxy) is 1. The average molecular weight is 1030 g/mol. The molecule has 0 spiro atoms. The van der Waals surface area contributed by atoms with Crippen LogP contribution in [0.1, 0.15) is 367 Å². The van der Waals surface area contributed by atoms with Gasteiger partial charge in [-0.3, -0.25) is 9.59 Å². The summed E-state index contributed by atoms with van der Waals surface area (Å²) in [5.74, 6) is -0.0563. The number of aliphatic hydroxyl groups excluding tert-OH is 2. The Balaban J connectivity index is 3.39. The minimum absolute atomic E-state index is 0.00614. The number of rotatable bonds is 62. The van der Waals surface area contributed by atoms with Gasteiger partial charge in [0.2, 0.25) is 5.91 Å². The summed E-state index contributed by atoms with van der Waals surface area (Å²) in [6.45, 7) is 4.90. The number of hydrogen-bond donors (Lipinski definition) is 3. The molecule has 0 rings (SSSR count). The Morgan fingerprint density at radius 1 is 0.370 bits per heavy atom. The highest BCUT2D eigenvalue weighted by molar-refractivity contribution is 5.76. The number of carbonyl (C=O) groups is 2. The van der Waals surface area contributed by atoms with Crippen LogP contribution in [0.3, 0.4) is 0 Å². The molecule has 6 nitrogen and oxygen atoms in total. The third-order valence-corrected chi connectivity index (χ3v) is 15.5. The smallest absolute Gasteiger partial charge is 0.305 e. The molecule has 0 heterocycles. The Labute approximate surface area is 456 Å². The maximum Gasteiger partial charge on any atom is 0.305 e. The van der Waals surface area contributed by atoms with Crippen molar-refractivity contribution in [3.8, 4) is 0 Å². The van der Waals surface area contributed by atoms with E-state index < -0.39 is 12.1 Å². The third kappa shape index (κ3) is 59.4. The summed E-state index contributed by atoms with van der Waals surface area (Å²) in [6, 6.07) is -0.626. The maximum absolute atomic E-state index is 12.5. The molecule has 0 aliphatic carbocycles. The monoisotopic (exact) mass is 1030 g/mol. The zero-order chi connectivity index (χ0) is 52.9. The van der Waals surface area contributed by atoms with Crippen molar-refractivity contribution in [1.82, 2.24) is 5.32 Å². The number of allylic oxidation sites excluding steroid dienone is 3. The molecular formula is C67H129NO5. The van der Waals surface area contributed by atoms with Crippen molar-refractivity contribution >= 4 is 11.9 Å². The summed E-state index contributed by atoms with van der Waals surface area (Å²) in [6.07, 6.45) is 78.1. The lowest BCUT2D eigenvalue weighted by Crippen LogP contribution is -2.45. The van der Waals surface area contributed by atoms with E-state index in [4.69, 9.17) is 4.74 Å². The van der Waals surface area contributed by atoms with Crippen molar-refractivity contribution in [3.05, 3.63) is 24.3 Å². The van der Waals surface area contributed by atoms with E-state index in [-0.39, 0.29) is 18.5 Å². The van der Waals surface area contributed by atoms with E-state index >= 15 is 0 Å². The number of esters is 1. The molecule has 6 heteroatoms. The minimum atomic E-state index is -0.843. The second-order valence-corrected chi connectivity index (χ2v) is 22.8. The number of aliphatic hydroxyl groups is 2. The number of hydrogen-bond acceptors (Lipinski definition) is 5. The van der Waals surface area contributed by atoms with Crippen LogP contribution >= 0.6 is 0 Å². The zero-order valence-electron chi connectivity index (χ0n) is 49.4. The first-order valence-corrected chi connectivity index (χ1v) is 33.1. The molecular weight excluding hydrogens is 899 g/mol. The molecule has 0 aromatic carbocycles. The van der Waals surface area contributed by atoms with E-state index in [1.54, 1.807) is 6.08 Å². The normalized spacial score (nSPS) is 12.7. The van der Waals surface area contributed by atoms with Crippen LogP contribution in [0.5, 0.6) is 0 Å². The van der Waals surface area contributed by atoms with Crippen LogP contribution in [0.2, 0.25) is 0 Å². The molecule has 0 saturated heterocycles. The van der Waals surface area contributed by atoms with Crippen molar-refractivity contribution in [2.45, 2.75) is 379 Å². The molecule has 0 saturated carbocycles. The van der Waals surface area contributed by atoms with E-state index in [1.165, 1.54) is 295 Å². The predicted molar refractivity (Wildman–Crippen MR) is 320 cm³/mol. The van der Waals surface area contributed by atoms with Crippen LogP contribution in [-0.4, -0.2) is 47.4 Å². The molecule has 0 radical (unpaired) electrons. The molecule has 0 aliphatic heterocycles. The van der Waals surface area contributed by atoms with E-state index in [0.29, 0.717) is 19.4 Å². The van der Waals surface area contributed by atoms with E-state index in [1.807, 2.05) is 6.08 Å². The molecule has 0 aliphatic rings. The van der Waals surface area contributed by atoms with E-state index in [9.17, 15) is 19.8 Å². The molecule has 432 valence electrons. The van der Waals surface area contributed by atoms with Gasteiger partial charge in [-0.2, -0.15) is 0 Å². The summed E-state index contributed by atoms with van der Waals surface area (Å²) in [4.78, 5) is 24.5. The first kappa shape index (κ1) is 71.3. The lowest BCUT2D eigenvalue weighted by Gasteiger charge is -2.20. The molecule has 3 N–H and O–H groups in total. The summed E-state index contributed by atoms with van der Waals surface area (Å²) in [5.41, 5.74) is 0. The Morgan fingerprint density at radius 2 is 0.658 bits per heavy atom. The van der Waals surface area contributed by atoms with Gasteiger partial charge in [0.25, 0.3) is 0 Å². The Bertz CT molecular complexity index is 1140. The second-order valence-electron chi connectivity index (χ2n) is 22.8. The summed E-state index contributed by atoms with van der Waals surface area (Å²) in [7, 11) is 0.